The standard InChI is InChI=1S/C18H20ClNO4/c1-3-6-13-17(18(23)24-4-2)11(9-10-15(21)22)16-12(19)7-5-8-14(16)20-13/h5,7-8H,3-4,6,9-10H2,1-2H3,(H,21,22). The molecule has 0 saturated heterocycles. The number of carbonyl (C=O) groups excluding carboxylic acids is 1. The van der Waals surface area contributed by atoms with E-state index >= 15 is 0 Å². The van der Waals surface area contributed by atoms with E-state index < -0.39 is 11.9 Å². The van der Waals surface area contributed by atoms with Gasteiger partial charge in [-0.25, -0.2) is 4.79 Å². The Bertz CT molecular complexity index is 773. The first-order valence-electron chi connectivity index (χ1n) is 7.98. The fraction of sp³-hybridized carbons (Fsp3) is 0.389. The van der Waals surface area contributed by atoms with Gasteiger partial charge in [0.05, 0.1) is 28.4 Å². The van der Waals surface area contributed by atoms with Crippen molar-refractivity contribution in [2.45, 2.75) is 39.5 Å². The van der Waals surface area contributed by atoms with Gasteiger partial charge in [0.15, 0.2) is 0 Å². The van der Waals surface area contributed by atoms with Gasteiger partial charge in [0.1, 0.15) is 0 Å². The lowest BCUT2D eigenvalue weighted by Gasteiger charge is -2.16. The number of hydrogen-bond donors (Lipinski definition) is 1. The molecule has 1 heterocycles. The first kappa shape index (κ1) is 18.2. The van der Waals surface area contributed by atoms with E-state index in [1.165, 1.54) is 0 Å². The van der Waals surface area contributed by atoms with E-state index in [9.17, 15) is 9.59 Å². The van der Waals surface area contributed by atoms with Crippen LogP contribution in [0.15, 0.2) is 18.2 Å². The van der Waals surface area contributed by atoms with E-state index in [4.69, 9.17) is 21.4 Å². The molecular weight excluding hydrogens is 330 g/mol. The first-order valence-corrected chi connectivity index (χ1v) is 8.36. The Morgan fingerprint density at radius 1 is 1.25 bits per heavy atom. The summed E-state index contributed by atoms with van der Waals surface area (Å²) in [7, 11) is 0. The maximum absolute atomic E-state index is 12.5. The molecule has 0 fully saturated rings. The molecule has 2 rings (SSSR count). The number of rotatable bonds is 7. The summed E-state index contributed by atoms with van der Waals surface area (Å²) in [4.78, 5) is 28.1. The van der Waals surface area contributed by atoms with Gasteiger partial charge in [-0.1, -0.05) is 31.0 Å². The maximum atomic E-state index is 12.5. The summed E-state index contributed by atoms with van der Waals surface area (Å²) in [6.07, 6.45) is 1.52. The molecule has 5 nitrogen and oxygen atoms in total. The average Bonchev–Trinajstić information content (AvgIpc) is 2.52. The van der Waals surface area contributed by atoms with Crippen LogP contribution >= 0.6 is 11.6 Å². The van der Waals surface area contributed by atoms with Gasteiger partial charge in [-0.15, -0.1) is 0 Å². The summed E-state index contributed by atoms with van der Waals surface area (Å²) >= 11 is 6.32. The molecule has 0 radical (unpaired) electrons. The van der Waals surface area contributed by atoms with Crippen LogP contribution in [0.3, 0.4) is 0 Å². The minimum atomic E-state index is -0.932. The summed E-state index contributed by atoms with van der Waals surface area (Å²) < 4.78 is 5.18. The van der Waals surface area contributed by atoms with Crippen molar-refractivity contribution in [1.82, 2.24) is 4.98 Å². The van der Waals surface area contributed by atoms with Crippen molar-refractivity contribution in [3.63, 3.8) is 0 Å². The quantitative estimate of drug-likeness (QED) is 0.763. The summed E-state index contributed by atoms with van der Waals surface area (Å²) in [5.74, 6) is -1.41. The highest BCUT2D eigenvalue weighted by molar-refractivity contribution is 6.35. The number of fused-ring (bicyclic) bond motifs is 1. The van der Waals surface area contributed by atoms with Crippen molar-refractivity contribution in [1.29, 1.82) is 0 Å². The minimum Gasteiger partial charge on any atom is -0.481 e. The van der Waals surface area contributed by atoms with E-state index in [-0.39, 0.29) is 19.4 Å². The molecule has 0 atom stereocenters. The number of aliphatic carboxylic acids is 1. The predicted octanol–water partition coefficient (Wildman–Crippen LogP) is 4.03. The van der Waals surface area contributed by atoms with Gasteiger partial charge in [0, 0.05) is 11.8 Å². The largest absolute Gasteiger partial charge is 0.481 e. The molecule has 128 valence electrons. The number of carboxylic acids is 1. The molecule has 24 heavy (non-hydrogen) atoms. The van der Waals surface area contributed by atoms with Gasteiger partial charge in [0.25, 0.3) is 0 Å². The van der Waals surface area contributed by atoms with Crippen LogP contribution in [0.4, 0.5) is 0 Å². The van der Waals surface area contributed by atoms with Gasteiger partial charge in [0.2, 0.25) is 0 Å². The van der Waals surface area contributed by atoms with Crippen molar-refractivity contribution >= 4 is 34.4 Å². The van der Waals surface area contributed by atoms with Gasteiger partial charge in [-0.05, 0) is 37.5 Å². The lowest BCUT2D eigenvalue weighted by molar-refractivity contribution is -0.136. The normalized spacial score (nSPS) is 10.8. The lowest BCUT2D eigenvalue weighted by Crippen LogP contribution is -2.15. The van der Waals surface area contributed by atoms with E-state index in [0.29, 0.717) is 39.2 Å². The van der Waals surface area contributed by atoms with E-state index in [1.807, 2.05) is 13.0 Å². The number of benzene rings is 1. The predicted molar refractivity (Wildman–Crippen MR) is 92.7 cm³/mol. The fourth-order valence-corrected chi connectivity index (χ4v) is 3.03. The average molecular weight is 350 g/mol. The zero-order valence-corrected chi connectivity index (χ0v) is 14.5. The van der Waals surface area contributed by atoms with Crippen LogP contribution in [0.5, 0.6) is 0 Å². The van der Waals surface area contributed by atoms with Crippen LogP contribution in [0.25, 0.3) is 10.9 Å². The van der Waals surface area contributed by atoms with Crippen LogP contribution in [0, 0.1) is 0 Å². The monoisotopic (exact) mass is 349 g/mol. The molecule has 0 spiro atoms. The molecule has 0 saturated carbocycles. The van der Waals surface area contributed by atoms with Gasteiger partial charge >= 0.3 is 11.9 Å². The van der Waals surface area contributed by atoms with Crippen LogP contribution in [-0.4, -0.2) is 28.6 Å². The van der Waals surface area contributed by atoms with E-state index in [0.717, 1.165) is 6.42 Å². The molecule has 0 amide bonds. The Balaban J connectivity index is 2.76. The SMILES string of the molecule is CCCc1nc2cccc(Cl)c2c(CCC(=O)O)c1C(=O)OCC. The number of carboxylic acid groups (broad SMARTS) is 1. The molecule has 6 heteroatoms. The van der Waals surface area contributed by atoms with Crippen LogP contribution < -0.4 is 0 Å². The first-order chi connectivity index (χ1) is 11.5. The van der Waals surface area contributed by atoms with Gasteiger partial charge in [-0.2, -0.15) is 0 Å². The molecule has 0 aliphatic rings. The van der Waals surface area contributed by atoms with E-state index in [1.54, 1.807) is 19.1 Å². The van der Waals surface area contributed by atoms with Crippen LogP contribution in [0.1, 0.15) is 48.3 Å². The van der Waals surface area contributed by atoms with Crippen molar-refractivity contribution in [3.05, 3.63) is 40.0 Å². The van der Waals surface area contributed by atoms with Crippen molar-refractivity contribution in [2.24, 2.45) is 0 Å². The molecule has 0 aliphatic carbocycles. The van der Waals surface area contributed by atoms with Crippen molar-refractivity contribution < 1.29 is 19.4 Å². The molecule has 0 aliphatic heterocycles. The second-order valence-corrected chi connectivity index (χ2v) is 5.82. The Morgan fingerprint density at radius 3 is 2.62 bits per heavy atom. The summed E-state index contributed by atoms with van der Waals surface area (Å²) in [6, 6.07) is 5.32. The number of aromatic nitrogens is 1. The Morgan fingerprint density at radius 2 is 2.00 bits per heavy atom. The smallest absolute Gasteiger partial charge is 0.340 e. The molecule has 0 bridgehead atoms. The topological polar surface area (TPSA) is 76.5 Å². The number of hydrogen-bond acceptors (Lipinski definition) is 4. The Labute approximate surface area is 145 Å². The molecule has 1 aromatic heterocycles. The second kappa shape index (κ2) is 8.11. The Hall–Kier alpha value is -2.14. The number of nitrogens with zero attached hydrogens (tertiary/aromatic N) is 1. The molecule has 1 N–H and O–H groups in total. The van der Waals surface area contributed by atoms with Gasteiger partial charge in [-0.3, -0.25) is 9.78 Å². The number of halogens is 1. The number of pyridine rings is 1. The number of ether oxygens (including phenoxy) is 1. The summed E-state index contributed by atoms with van der Waals surface area (Å²) in [6.45, 7) is 3.97. The highest BCUT2D eigenvalue weighted by atomic mass is 35.5. The van der Waals surface area contributed by atoms with Crippen LogP contribution in [0.2, 0.25) is 5.02 Å². The van der Waals surface area contributed by atoms with Crippen molar-refractivity contribution in [2.75, 3.05) is 6.61 Å². The highest BCUT2D eigenvalue weighted by Gasteiger charge is 2.23. The minimum absolute atomic E-state index is 0.0949. The Kier molecular flexibility index (Phi) is 6.15. The maximum Gasteiger partial charge on any atom is 0.340 e. The zero-order chi connectivity index (χ0) is 17.7. The number of aryl methyl sites for hydroxylation is 2. The third kappa shape index (κ3) is 3.85. The van der Waals surface area contributed by atoms with Crippen LogP contribution in [-0.2, 0) is 22.4 Å². The fourth-order valence-electron chi connectivity index (χ4n) is 2.75. The molecule has 2 aromatic rings. The summed E-state index contributed by atoms with van der Waals surface area (Å²) in [5.41, 5.74) is 2.26. The van der Waals surface area contributed by atoms with Crippen molar-refractivity contribution in [3.8, 4) is 0 Å². The third-order valence-corrected chi connectivity index (χ3v) is 4.01. The van der Waals surface area contributed by atoms with Gasteiger partial charge < -0.3 is 9.84 Å². The second-order valence-electron chi connectivity index (χ2n) is 5.41. The molecule has 1 aromatic carbocycles. The summed E-state index contributed by atoms with van der Waals surface area (Å²) in [5, 5.41) is 10.1. The third-order valence-electron chi connectivity index (χ3n) is 3.69. The highest BCUT2D eigenvalue weighted by Crippen LogP contribution is 2.31. The number of esters is 1. The zero-order valence-electron chi connectivity index (χ0n) is 13.8. The number of carbonyl (C=O) groups is 2. The molecule has 0 unspecified atom stereocenters. The van der Waals surface area contributed by atoms with E-state index in [2.05, 4.69) is 4.98 Å². The molecular formula is C18H20ClNO4. The lowest BCUT2D eigenvalue weighted by atomic mass is 9.95.